The van der Waals surface area contributed by atoms with Gasteiger partial charge in [0.15, 0.2) is 5.78 Å². The van der Waals surface area contributed by atoms with Crippen LogP contribution in [0, 0.1) is 0 Å². The standard InChI is InChI=1S/C12H12O2/c1-9(13)5-6-10-3-2-4-12-11(10)7-8-14-12/h2-6H,7-8H2,1H3. The number of allylic oxidation sites excluding steroid dienone is 1. The molecule has 0 amide bonds. The Morgan fingerprint density at radius 3 is 3.14 bits per heavy atom. The first-order valence-corrected chi connectivity index (χ1v) is 4.71. The third-order valence-electron chi connectivity index (χ3n) is 2.28. The van der Waals surface area contributed by atoms with Crippen LogP contribution in [-0.4, -0.2) is 12.4 Å². The van der Waals surface area contributed by atoms with Gasteiger partial charge >= 0.3 is 0 Å². The molecule has 1 aromatic rings. The number of ketones is 1. The van der Waals surface area contributed by atoms with E-state index in [-0.39, 0.29) is 5.78 Å². The normalized spacial score (nSPS) is 14.1. The monoisotopic (exact) mass is 188 g/mol. The lowest BCUT2D eigenvalue weighted by atomic mass is 10.0. The molecule has 0 fully saturated rings. The van der Waals surface area contributed by atoms with Gasteiger partial charge in [-0.1, -0.05) is 18.2 Å². The number of carbonyl (C=O) groups excluding carboxylic acids is 1. The largest absolute Gasteiger partial charge is 0.493 e. The quantitative estimate of drug-likeness (QED) is 0.665. The molecule has 2 heteroatoms. The Labute approximate surface area is 83.2 Å². The van der Waals surface area contributed by atoms with Crippen LogP contribution < -0.4 is 4.74 Å². The van der Waals surface area contributed by atoms with Crippen molar-refractivity contribution in [1.29, 1.82) is 0 Å². The highest BCUT2D eigenvalue weighted by Gasteiger charge is 2.13. The molecule has 0 atom stereocenters. The Morgan fingerprint density at radius 1 is 1.50 bits per heavy atom. The molecule has 0 saturated heterocycles. The van der Waals surface area contributed by atoms with Crippen molar-refractivity contribution in [1.82, 2.24) is 0 Å². The summed E-state index contributed by atoms with van der Waals surface area (Å²) in [5, 5.41) is 0. The van der Waals surface area contributed by atoms with Crippen LogP contribution in [0.1, 0.15) is 18.1 Å². The highest BCUT2D eigenvalue weighted by Crippen LogP contribution is 2.28. The Balaban J connectivity index is 2.35. The van der Waals surface area contributed by atoms with Gasteiger partial charge in [0.05, 0.1) is 6.61 Å². The molecule has 2 rings (SSSR count). The maximum absolute atomic E-state index is 10.8. The van der Waals surface area contributed by atoms with Crippen molar-refractivity contribution in [2.24, 2.45) is 0 Å². The molecule has 1 aliphatic heterocycles. The van der Waals surface area contributed by atoms with Crippen LogP contribution >= 0.6 is 0 Å². The van der Waals surface area contributed by atoms with Gasteiger partial charge in [-0.05, 0) is 24.6 Å². The van der Waals surface area contributed by atoms with Crippen molar-refractivity contribution in [3.63, 3.8) is 0 Å². The average molecular weight is 188 g/mol. The number of fused-ring (bicyclic) bond motifs is 1. The second-order valence-corrected chi connectivity index (χ2v) is 3.37. The predicted molar refractivity (Wildman–Crippen MR) is 55.4 cm³/mol. The SMILES string of the molecule is CC(=O)C=Cc1cccc2c1CCO2. The molecular formula is C12H12O2. The topological polar surface area (TPSA) is 26.3 Å². The maximum atomic E-state index is 10.8. The highest BCUT2D eigenvalue weighted by molar-refractivity contribution is 5.91. The van der Waals surface area contributed by atoms with E-state index in [1.807, 2.05) is 24.3 Å². The van der Waals surface area contributed by atoms with Gasteiger partial charge in [-0.25, -0.2) is 0 Å². The Bertz CT molecular complexity index is 391. The van der Waals surface area contributed by atoms with Gasteiger partial charge in [-0.3, -0.25) is 4.79 Å². The van der Waals surface area contributed by atoms with Crippen LogP contribution in [0.2, 0.25) is 0 Å². The molecule has 0 N–H and O–H groups in total. The maximum Gasteiger partial charge on any atom is 0.152 e. The van der Waals surface area contributed by atoms with Gasteiger partial charge in [0.25, 0.3) is 0 Å². The van der Waals surface area contributed by atoms with Crippen molar-refractivity contribution in [3.05, 3.63) is 35.4 Å². The number of hydrogen-bond donors (Lipinski definition) is 0. The second kappa shape index (κ2) is 3.66. The van der Waals surface area contributed by atoms with E-state index in [2.05, 4.69) is 0 Å². The van der Waals surface area contributed by atoms with Crippen molar-refractivity contribution in [2.45, 2.75) is 13.3 Å². The molecule has 1 heterocycles. The summed E-state index contributed by atoms with van der Waals surface area (Å²) < 4.78 is 5.43. The third-order valence-corrected chi connectivity index (χ3v) is 2.28. The first-order chi connectivity index (χ1) is 6.77. The van der Waals surface area contributed by atoms with E-state index >= 15 is 0 Å². The zero-order valence-corrected chi connectivity index (χ0v) is 8.12. The van der Waals surface area contributed by atoms with E-state index in [0.29, 0.717) is 0 Å². The van der Waals surface area contributed by atoms with Crippen LogP contribution in [0.3, 0.4) is 0 Å². The summed E-state index contributed by atoms with van der Waals surface area (Å²) in [7, 11) is 0. The van der Waals surface area contributed by atoms with E-state index in [9.17, 15) is 4.79 Å². The molecule has 0 aliphatic carbocycles. The molecule has 0 aromatic heterocycles. The molecule has 72 valence electrons. The summed E-state index contributed by atoms with van der Waals surface area (Å²) in [6.07, 6.45) is 4.39. The number of benzene rings is 1. The van der Waals surface area contributed by atoms with Gasteiger partial charge in [-0.15, -0.1) is 0 Å². The molecule has 1 aliphatic rings. The van der Waals surface area contributed by atoms with Crippen LogP contribution in [0.5, 0.6) is 5.75 Å². The summed E-state index contributed by atoms with van der Waals surface area (Å²) in [5.74, 6) is 1.03. The first-order valence-electron chi connectivity index (χ1n) is 4.71. The summed E-state index contributed by atoms with van der Waals surface area (Å²) in [4.78, 5) is 10.8. The van der Waals surface area contributed by atoms with Crippen molar-refractivity contribution in [2.75, 3.05) is 6.61 Å². The Morgan fingerprint density at radius 2 is 2.36 bits per heavy atom. The van der Waals surface area contributed by atoms with Gasteiger partial charge in [0.1, 0.15) is 5.75 Å². The molecule has 0 unspecified atom stereocenters. The highest BCUT2D eigenvalue weighted by atomic mass is 16.5. The lowest BCUT2D eigenvalue weighted by molar-refractivity contribution is -0.112. The smallest absolute Gasteiger partial charge is 0.152 e. The summed E-state index contributed by atoms with van der Waals surface area (Å²) in [5.41, 5.74) is 2.31. The molecule has 0 saturated carbocycles. The van der Waals surface area contributed by atoms with Gasteiger partial charge < -0.3 is 4.74 Å². The first kappa shape index (κ1) is 9.00. The molecule has 2 nitrogen and oxygen atoms in total. The molecular weight excluding hydrogens is 176 g/mol. The molecule has 0 radical (unpaired) electrons. The fourth-order valence-electron chi connectivity index (χ4n) is 1.61. The fraction of sp³-hybridized carbons (Fsp3) is 0.250. The number of carbonyl (C=O) groups is 1. The van der Waals surface area contributed by atoms with Crippen molar-refractivity contribution in [3.8, 4) is 5.75 Å². The van der Waals surface area contributed by atoms with E-state index in [1.165, 1.54) is 5.56 Å². The summed E-state index contributed by atoms with van der Waals surface area (Å²) >= 11 is 0. The number of hydrogen-bond acceptors (Lipinski definition) is 2. The Hall–Kier alpha value is -1.57. The van der Waals surface area contributed by atoms with E-state index in [4.69, 9.17) is 4.74 Å². The van der Waals surface area contributed by atoms with E-state index < -0.39 is 0 Å². The van der Waals surface area contributed by atoms with Crippen molar-refractivity contribution < 1.29 is 9.53 Å². The van der Waals surface area contributed by atoms with E-state index in [0.717, 1.165) is 24.3 Å². The minimum absolute atomic E-state index is 0.0709. The Kier molecular flexibility index (Phi) is 2.35. The minimum Gasteiger partial charge on any atom is -0.493 e. The van der Waals surface area contributed by atoms with Crippen molar-refractivity contribution >= 4 is 11.9 Å². The molecule has 14 heavy (non-hydrogen) atoms. The zero-order chi connectivity index (χ0) is 9.97. The number of rotatable bonds is 2. The van der Waals surface area contributed by atoms with E-state index in [1.54, 1.807) is 13.0 Å². The van der Waals surface area contributed by atoms with Crippen LogP contribution in [0.4, 0.5) is 0 Å². The van der Waals surface area contributed by atoms with Gasteiger partial charge in [-0.2, -0.15) is 0 Å². The van der Waals surface area contributed by atoms with Crippen LogP contribution in [0.15, 0.2) is 24.3 Å². The molecule has 0 spiro atoms. The fourth-order valence-corrected chi connectivity index (χ4v) is 1.61. The molecule has 0 bridgehead atoms. The second-order valence-electron chi connectivity index (χ2n) is 3.37. The van der Waals surface area contributed by atoms with Gasteiger partial charge in [0.2, 0.25) is 0 Å². The molecule has 1 aromatic carbocycles. The lowest BCUT2D eigenvalue weighted by Crippen LogP contribution is -1.87. The van der Waals surface area contributed by atoms with Crippen LogP contribution in [0.25, 0.3) is 6.08 Å². The zero-order valence-electron chi connectivity index (χ0n) is 8.12. The average Bonchev–Trinajstić information content (AvgIpc) is 2.62. The third kappa shape index (κ3) is 1.69. The number of ether oxygens (including phenoxy) is 1. The van der Waals surface area contributed by atoms with Gasteiger partial charge in [0, 0.05) is 12.0 Å². The predicted octanol–water partition coefficient (Wildman–Crippen LogP) is 2.22. The lowest BCUT2D eigenvalue weighted by Gasteiger charge is -2.01. The summed E-state index contributed by atoms with van der Waals surface area (Å²) in [6, 6.07) is 5.92. The van der Waals surface area contributed by atoms with Crippen LogP contribution in [-0.2, 0) is 11.2 Å². The minimum atomic E-state index is 0.0709. The summed E-state index contributed by atoms with van der Waals surface area (Å²) in [6.45, 7) is 2.30.